The maximum Gasteiger partial charge on any atom is 0.427 e. The first kappa shape index (κ1) is 14.3. The van der Waals surface area contributed by atoms with E-state index in [1.54, 1.807) is 24.3 Å². The molecule has 0 atom stereocenters. The third-order valence-electron chi connectivity index (χ3n) is 2.52. The van der Waals surface area contributed by atoms with Crippen LogP contribution in [0.15, 0.2) is 45.9 Å². The van der Waals surface area contributed by atoms with Gasteiger partial charge in [-0.25, -0.2) is 10.2 Å². The number of carbonyl (C=O) groups excluding carboxylic acids is 1. The van der Waals surface area contributed by atoms with E-state index in [1.807, 2.05) is 0 Å². The lowest BCUT2D eigenvalue weighted by Gasteiger charge is -1.96. The number of nitrogens with zero attached hydrogens (tertiary/aromatic N) is 2. The monoisotopic (exact) mass is 289 g/mol. The normalized spacial score (nSPS) is 10.5. The number of rotatable bonds is 4. The van der Waals surface area contributed by atoms with Crippen molar-refractivity contribution in [2.45, 2.75) is 0 Å². The minimum atomic E-state index is -0.687. The Morgan fingerprint density at radius 1 is 1.33 bits per heavy atom. The Kier molecular flexibility index (Phi) is 4.30. The number of furan rings is 1. The first-order chi connectivity index (χ1) is 10.1. The van der Waals surface area contributed by atoms with Crippen molar-refractivity contribution in [3.05, 3.63) is 52.3 Å². The molecular weight excluding hydrogens is 278 g/mol. The van der Waals surface area contributed by atoms with E-state index < -0.39 is 11.0 Å². The van der Waals surface area contributed by atoms with Crippen molar-refractivity contribution >= 4 is 18.0 Å². The van der Waals surface area contributed by atoms with Crippen molar-refractivity contribution in [2.75, 3.05) is 7.11 Å². The Morgan fingerprint density at radius 2 is 2.05 bits per heavy atom. The van der Waals surface area contributed by atoms with Crippen LogP contribution in [0.5, 0.6) is 0 Å². The average Bonchev–Trinajstić information content (AvgIpc) is 2.96. The van der Waals surface area contributed by atoms with Crippen molar-refractivity contribution in [3.8, 4) is 11.3 Å². The van der Waals surface area contributed by atoms with E-state index in [-0.39, 0.29) is 5.69 Å². The molecule has 108 valence electrons. The molecule has 1 aromatic carbocycles. The molecular formula is C13H11N3O5. The lowest BCUT2D eigenvalue weighted by atomic mass is 10.1. The number of carbonyl (C=O) groups is 1. The SMILES string of the molecule is COC(=O)NN=Cc1ccc(-c2ccc([N+](=O)[O-])cc2)o1. The van der Waals surface area contributed by atoms with E-state index in [9.17, 15) is 14.9 Å². The Balaban J connectivity index is 2.09. The van der Waals surface area contributed by atoms with Gasteiger partial charge in [-0.1, -0.05) is 0 Å². The summed E-state index contributed by atoms with van der Waals surface area (Å²) in [4.78, 5) is 20.9. The molecule has 8 nitrogen and oxygen atoms in total. The topological polar surface area (TPSA) is 107 Å². The number of hydrazone groups is 1. The van der Waals surface area contributed by atoms with Gasteiger partial charge in [-0.3, -0.25) is 10.1 Å². The second-order valence-electron chi connectivity index (χ2n) is 3.87. The van der Waals surface area contributed by atoms with Crippen LogP contribution in [0, 0.1) is 10.1 Å². The van der Waals surface area contributed by atoms with Gasteiger partial charge in [0.1, 0.15) is 11.5 Å². The fourth-order valence-corrected chi connectivity index (χ4v) is 1.52. The summed E-state index contributed by atoms with van der Waals surface area (Å²) >= 11 is 0. The van der Waals surface area contributed by atoms with Crippen LogP contribution < -0.4 is 5.43 Å². The summed E-state index contributed by atoms with van der Waals surface area (Å²) < 4.78 is 9.82. The molecule has 2 aromatic rings. The molecule has 0 unspecified atom stereocenters. The molecule has 8 heteroatoms. The molecule has 0 aliphatic carbocycles. The van der Waals surface area contributed by atoms with Gasteiger partial charge in [-0.05, 0) is 24.3 Å². The number of nitro groups is 1. The summed E-state index contributed by atoms with van der Waals surface area (Å²) in [5.41, 5.74) is 2.83. The molecule has 0 aliphatic heterocycles. The third-order valence-corrected chi connectivity index (χ3v) is 2.52. The fourth-order valence-electron chi connectivity index (χ4n) is 1.52. The molecule has 0 bridgehead atoms. The summed E-state index contributed by atoms with van der Waals surface area (Å²) in [5.74, 6) is 0.948. The zero-order valence-electron chi connectivity index (χ0n) is 11.0. The second-order valence-corrected chi connectivity index (χ2v) is 3.87. The maximum absolute atomic E-state index is 10.8. The van der Waals surface area contributed by atoms with Crippen LogP contribution in [0.25, 0.3) is 11.3 Å². The van der Waals surface area contributed by atoms with Crippen LogP contribution in [-0.2, 0) is 4.74 Å². The number of amides is 1. The number of methoxy groups -OCH3 is 1. The lowest BCUT2D eigenvalue weighted by Crippen LogP contribution is -2.16. The molecule has 2 rings (SSSR count). The van der Waals surface area contributed by atoms with Gasteiger partial charge in [0, 0.05) is 17.7 Å². The van der Waals surface area contributed by atoms with Gasteiger partial charge < -0.3 is 9.15 Å². The molecule has 0 radical (unpaired) electrons. The molecule has 1 amide bonds. The molecule has 0 saturated carbocycles. The molecule has 0 saturated heterocycles. The first-order valence-electron chi connectivity index (χ1n) is 5.82. The quantitative estimate of drug-likeness (QED) is 0.528. The van der Waals surface area contributed by atoms with Crippen LogP contribution in [0.2, 0.25) is 0 Å². The van der Waals surface area contributed by atoms with Gasteiger partial charge in [0.2, 0.25) is 0 Å². The van der Waals surface area contributed by atoms with Crippen LogP contribution >= 0.6 is 0 Å². The molecule has 0 fully saturated rings. The van der Waals surface area contributed by atoms with E-state index in [0.29, 0.717) is 17.1 Å². The summed E-state index contributed by atoms with van der Waals surface area (Å²) in [6.07, 6.45) is 0.625. The van der Waals surface area contributed by atoms with E-state index in [4.69, 9.17) is 4.42 Å². The van der Waals surface area contributed by atoms with Crippen molar-refractivity contribution in [3.63, 3.8) is 0 Å². The predicted octanol–water partition coefficient (Wildman–Crippen LogP) is 2.54. The van der Waals surface area contributed by atoms with E-state index >= 15 is 0 Å². The molecule has 1 N–H and O–H groups in total. The summed E-state index contributed by atoms with van der Waals surface area (Å²) in [6.45, 7) is 0. The Hall–Kier alpha value is -3.16. The predicted molar refractivity (Wildman–Crippen MR) is 73.9 cm³/mol. The number of nitro benzene ring substituents is 1. The highest BCUT2D eigenvalue weighted by molar-refractivity contribution is 5.79. The minimum Gasteiger partial charge on any atom is -0.455 e. The first-order valence-corrected chi connectivity index (χ1v) is 5.82. The maximum atomic E-state index is 10.8. The van der Waals surface area contributed by atoms with Gasteiger partial charge in [0.25, 0.3) is 5.69 Å². The minimum absolute atomic E-state index is 0.00868. The van der Waals surface area contributed by atoms with Crippen LogP contribution in [0.1, 0.15) is 5.76 Å². The zero-order chi connectivity index (χ0) is 15.2. The number of hydrogen-bond acceptors (Lipinski definition) is 6. The van der Waals surface area contributed by atoms with Crippen molar-refractivity contribution in [1.29, 1.82) is 0 Å². The Bertz CT molecular complexity index is 675. The van der Waals surface area contributed by atoms with E-state index in [0.717, 1.165) is 0 Å². The number of nitrogens with one attached hydrogen (secondary N) is 1. The highest BCUT2D eigenvalue weighted by Crippen LogP contribution is 2.23. The van der Waals surface area contributed by atoms with Crippen LogP contribution in [-0.4, -0.2) is 24.3 Å². The Morgan fingerprint density at radius 3 is 2.67 bits per heavy atom. The fraction of sp³-hybridized carbons (Fsp3) is 0.0769. The van der Waals surface area contributed by atoms with Gasteiger partial charge in [-0.2, -0.15) is 5.10 Å². The van der Waals surface area contributed by atoms with Crippen LogP contribution in [0.4, 0.5) is 10.5 Å². The van der Waals surface area contributed by atoms with Crippen molar-refractivity contribution in [1.82, 2.24) is 5.43 Å². The van der Waals surface area contributed by atoms with Crippen molar-refractivity contribution < 1.29 is 18.9 Å². The number of benzene rings is 1. The largest absolute Gasteiger partial charge is 0.455 e. The van der Waals surface area contributed by atoms with E-state index in [1.165, 1.54) is 25.5 Å². The summed E-state index contributed by atoms with van der Waals surface area (Å²) in [7, 11) is 1.23. The standard InChI is InChI=1S/C13H11N3O5/c1-20-13(17)15-14-8-11-6-7-12(21-11)9-2-4-10(5-3-9)16(18)19/h2-8H,1H3,(H,15,17). The summed E-state index contributed by atoms with van der Waals surface area (Å²) in [6, 6.07) is 9.31. The number of hydrogen-bond donors (Lipinski definition) is 1. The molecule has 21 heavy (non-hydrogen) atoms. The molecule has 1 aromatic heterocycles. The Labute approximate surface area is 119 Å². The van der Waals surface area contributed by atoms with Gasteiger partial charge in [0.15, 0.2) is 0 Å². The van der Waals surface area contributed by atoms with Gasteiger partial charge in [0.05, 0.1) is 18.2 Å². The number of ether oxygens (including phenoxy) is 1. The third kappa shape index (κ3) is 3.66. The zero-order valence-corrected chi connectivity index (χ0v) is 11.0. The smallest absolute Gasteiger partial charge is 0.427 e. The van der Waals surface area contributed by atoms with Crippen molar-refractivity contribution in [2.24, 2.45) is 5.10 Å². The van der Waals surface area contributed by atoms with E-state index in [2.05, 4.69) is 15.3 Å². The average molecular weight is 289 g/mol. The van der Waals surface area contributed by atoms with Gasteiger partial charge in [-0.15, -0.1) is 0 Å². The lowest BCUT2D eigenvalue weighted by molar-refractivity contribution is -0.384. The van der Waals surface area contributed by atoms with Crippen LogP contribution in [0.3, 0.4) is 0 Å². The molecule has 1 heterocycles. The molecule has 0 spiro atoms. The number of non-ortho nitro benzene ring substituents is 1. The highest BCUT2D eigenvalue weighted by Gasteiger charge is 2.07. The van der Waals surface area contributed by atoms with Gasteiger partial charge >= 0.3 is 6.09 Å². The highest BCUT2D eigenvalue weighted by atomic mass is 16.6. The summed E-state index contributed by atoms with van der Waals surface area (Å²) in [5, 5.41) is 14.2. The second kappa shape index (κ2) is 6.33. The molecule has 0 aliphatic rings.